The number of carbonyl (C=O) groups is 3. The van der Waals surface area contributed by atoms with Crippen molar-refractivity contribution in [1.29, 1.82) is 0 Å². The fourth-order valence-corrected chi connectivity index (χ4v) is 5.10. The third kappa shape index (κ3) is 3.93. The summed E-state index contributed by atoms with van der Waals surface area (Å²) in [7, 11) is 0. The van der Waals surface area contributed by atoms with E-state index in [1.807, 2.05) is 13.8 Å². The number of benzene rings is 1. The molecule has 4 rings (SSSR count). The summed E-state index contributed by atoms with van der Waals surface area (Å²) in [4.78, 5) is 39.9. The van der Waals surface area contributed by atoms with Gasteiger partial charge in [0, 0.05) is 45.7 Å². The number of nitrogens with zero attached hydrogens (tertiary/aromatic N) is 2. The lowest BCUT2D eigenvalue weighted by Gasteiger charge is -2.23. The van der Waals surface area contributed by atoms with E-state index in [0.717, 1.165) is 35.7 Å². The molecule has 0 aliphatic carbocycles. The van der Waals surface area contributed by atoms with Gasteiger partial charge in [-0.2, -0.15) is 0 Å². The van der Waals surface area contributed by atoms with Crippen molar-refractivity contribution in [3.8, 4) is 0 Å². The van der Waals surface area contributed by atoms with Gasteiger partial charge >= 0.3 is 6.03 Å². The molecule has 0 spiro atoms. The Labute approximate surface area is 196 Å². The van der Waals surface area contributed by atoms with Crippen LogP contribution in [0.2, 0.25) is 10.0 Å². The quantitative estimate of drug-likeness (QED) is 0.498. The Bertz CT molecular complexity index is 1110. The minimum absolute atomic E-state index is 0.138. The summed E-state index contributed by atoms with van der Waals surface area (Å²) in [6.45, 7) is 6.47. The van der Waals surface area contributed by atoms with Crippen molar-refractivity contribution in [1.82, 2.24) is 14.8 Å². The van der Waals surface area contributed by atoms with Crippen LogP contribution in [-0.2, 0) is 21.6 Å². The van der Waals surface area contributed by atoms with Gasteiger partial charge in [-0.15, -0.1) is 0 Å². The lowest BCUT2D eigenvalue weighted by molar-refractivity contribution is -0.130. The molecule has 3 amide bonds. The summed E-state index contributed by atoms with van der Waals surface area (Å²) in [5.74, 6) is -0.833. The van der Waals surface area contributed by atoms with Crippen LogP contribution >= 0.6 is 23.2 Å². The molecule has 2 saturated heterocycles. The SMILES string of the molecule is Cc1cc(C(=O)CN2C(=O)N[C@@](C)(c3ccc(Cl)cc3Cl)C2=O)c(C)n1C[C@@H]1CCCO1. The molecule has 0 radical (unpaired) electrons. The van der Waals surface area contributed by atoms with Gasteiger partial charge in [-0.3, -0.25) is 14.5 Å². The number of carbonyl (C=O) groups excluding carboxylic acids is 3. The average Bonchev–Trinajstić information content (AvgIpc) is 3.39. The number of Topliss-reactive ketones (excluding diaryl/α,β-unsaturated/α-hetero) is 1. The van der Waals surface area contributed by atoms with E-state index in [0.29, 0.717) is 22.7 Å². The number of ketones is 1. The molecule has 3 heterocycles. The van der Waals surface area contributed by atoms with Crippen molar-refractivity contribution in [3.05, 3.63) is 56.8 Å². The summed E-state index contributed by atoms with van der Waals surface area (Å²) in [5.41, 5.74) is 1.29. The molecular formula is C23H25Cl2N3O4. The largest absolute Gasteiger partial charge is 0.376 e. The number of aromatic nitrogens is 1. The molecule has 2 aliphatic heterocycles. The number of hydrogen-bond acceptors (Lipinski definition) is 4. The molecule has 2 aromatic rings. The number of urea groups is 1. The van der Waals surface area contributed by atoms with Crippen LogP contribution in [0, 0.1) is 13.8 Å². The first kappa shape index (κ1) is 22.8. The van der Waals surface area contributed by atoms with Gasteiger partial charge in [-0.1, -0.05) is 29.3 Å². The molecule has 9 heteroatoms. The van der Waals surface area contributed by atoms with Crippen LogP contribution in [0.25, 0.3) is 0 Å². The number of aryl methyl sites for hydroxylation is 1. The minimum Gasteiger partial charge on any atom is -0.376 e. The maximum atomic E-state index is 13.2. The first-order valence-electron chi connectivity index (χ1n) is 10.5. The number of hydrogen-bond donors (Lipinski definition) is 1. The molecule has 170 valence electrons. The molecule has 7 nitrogen and oxygen atoms in total. The number of nitrogens with one attached hydrogen (secondary N) is 1. The second-order valence-corrected chi connectivity index (χ2v) is 9.37. The highest BCUT2D eigenvalue weighted by Gasteiger charge is 2.50. The Hall–Kier alpha value is -2.35. The van der Waals surface area contributed by atoms with Crippen molar-refractivity contribution >= 4 is 40.9 Å². The van der Waals surface area contributed by atoms with E-state index in [-0.39, 0.29) is 23.5 Å². The minimum atomic E-state index is -1.38. The second-order valence-electron chi connectivity index (χ2n) is 8.52. The highest BCUT2D eigenvalue weighted by molar-refractivity contribution is 6.35. The molecule has 1 aromatic carbocycles. The Balaban J connectivity index is 1.55. The maximum absolute atomic E-state index is 13.2. The molecule has 2 atom stereocenters. The van der Waals surface area contributed by atoms with Crippen molar-refractivity contribution in [2.24, 2.45) is 0 Å². The van der Waals surface area contributed by atoms with E-state index in [1.54, 1.807) is 25.1 Å². The van der Waals surface area contributed by atoms with Gasteiger partial charge < -0.3 is 14.6 Å². The van der Waals surface area contributed by atoms with Gasteiger partial charge in [-0.25, -0.2) is 4.79 Å². The van der Waals surface area contributed by atoms with E-state index in [4.69, 9.17) is 27.9 Å². The highest BCUT2D eigenvalue weighted by atomic mass is 35.5. The summed E-state index contributed by atoms with van der Waals surface area (Å²) in [5, 5.41) is 3.36. The number of rotatable bonds is 6. The van der Waals surface area contributed by atoms with Crippen LogP contribution < -0.4 is 5.32 Å². The van der Waals surface area contributed by atoms with Crippen molar-refractivity contribution in [2.75, 3.05) is 13.2 Å². The van der Waals surface area contributed by atoms with E-state index in [9.17, 15) is 14.4 Å². The summed E-state index contributed by atoms with van der Waals surface area (Å²) >= 11 is 12.2. The van der Waals surface area contributed by atoms with Gasteiger partial charge in [-0.05, 0) is 51.8 Å². The van der Waals surface area contributed by atoms with Crippen LogP contribution in [-0.4, -0.2) is 46.4 Å². The predicted molar refractivity (Wildman–Crippen MR) is 121 cm³/mol. The fraction of sp³-hybridized carbons (Fsp3) is 0.435. The van der Waals surface area contributed by atoms with Gasteiger partial charge in [0.2, 0.25) is 0 Å². The molecule has 1 aromatic heterocycles. The molecule has 0 bridgehead atoms. The lowest BCUT2D eigenvalue weighted by atomic mass is 9.92. The average molecular weight is 478 g/mol. The van der Waals surface area contributed by atoms with E-state index in [1.165, 1.54) is 6.07 Å². The summed E-state index contributed by atoms with van der Waals surface area (Å²) in [6.07, 6.45) is 2.17. The first-order chi connectivity index (χ1) is 15.1. The van der Waals surface area contributed by atoms with Crippen molar-refractivity contribution in [3.63, 3.8) is 0 Å². The van der Waals surface area contributed by atoms with Crippen LogP contribution in [0.1, 0.15) is 47.1 Å². The standard InChI is InChI=1S/C23H25Cl2N3O4/c1-13-9-17(14(2)27(13)11-16-5-4-8-32-16)20(29)12-28-21(30)23(3,26-22(28)31)18-7-6-15(24)10-19(18)25/h6-7,9-10,16H,4-5,8,11-12H2,1-3H3,(H,26,31)/t16-,23-/m0/s1. The summed E-state index contributed by atoms with van der Waals surface area (Å²) in [6, 6.07) is 5.89. The zero-order valence-electron chi connectivity index (χ0n) is 18.2. The van der Waals surface area contributed by atoms with Crippen LogP contribution in [0.4, 0.5) is 4.79 Å². The number of amides is 3. The molecular weight excluding hydrogens is 453 g/mol. The topological polar surface area (TPSA) is 80.6 Å². The third-order valence-electron chi connectivity index (χ3n) is 6.33. The van der Waals surface area contributed by atoms with Gasteiger partial charge in [0.1, 0.15) is 5.54 Å². The first-order valence-corrected chi connectivity index (χ1v) is 11.3. The number of halogens is 2. The normalized spacial score (nSPS) is 23.2. The zero-order chi connectivity index (χ0) is 23.2. The van der Waals surface area contributed by atoms with Crippen molar-refractivity contribution < 1.29 is 19.1 Å². The number of imide groups is 1. The van der Waals surface area contributed by atoms with Gasteiger partial charge in [0.25, 0.3) is 5.91 Å². The molecule has 0 saturated carbocycles. The Kier molecular flexibility index (Phi) is 6.09. The Morgan fingerprint density at radius 3 is 2.66 bits per heavy atom. The lowest BCUT2D eigenvalue weighted by Crippen LogP contribution is -2.41. The highest BCUT2D eigenvalue weighted by Crippen LogP contribution is 2.35. The molecule has 2 aliphatic rings. The Morgan fingerprint density at radius 1 is 1.25 bits per heavy atom. The van der Waals surface area contributed by atoms with E-state index < -0.39 is 17.5 Å². The van der Waals surface area contributed by atoms with Crippen LogP contribution in [0.5, 0.6) is 0 Å². The maximum Gasteiger partial charge on any atom is 0.325 e. The molecule has 1 N–H and O–H groups in total. The smallest absolute Gasteiger partial charge is 0.325 e. The van der Waals surface area contributed by atoms with E-state index in [2.05, 4.69) is 9.88 Å². The second kappa shape index (κ2) is 8.54. The number of ether oxygens (including phenoxy) is 1. The zero-order valence-corrected chi connectivity index (χ0v) is 19.7. The van der Waals surface area contributed by atoms with E-state index >= 15 is 0 Å². The monoisotopic (exact) mass is 477 g/mol. The van der Waals surface area contributed by atoms with Crippen LogP contribution in [0.3, 0.4) is 0 Å². The van der Waals surface area contributed by atoms with Gasteiger partial charge in [0.05, 0.1) is 12.6 Å². The van der Waals surface area contributed by atoms with Crippen molar-refractivity contribution in [2.45, 2.75) is 51.8 Å². The molecule has 32 heavy (non-hydrogen) atoms. The molecule has 2 fully saturated rings. The fourth-order valence-electron chi connectivity index (χ4n) is 4.50. The van der Waals surface area contributed by atoms with Gasteiger partial charge in [0.15, 0.2) is 5.78 Å². The third-order valence-corrected chi connectivity index (χ3v) is 6.88. The summed E-state index contributed by atoms with van der Waals surface area (Å²) < 4.78 is 7.79. The molecule has 0 unspecified atom stereocenters. The Morgan fingerprint density at radius 2 is 2.00 bits per heavy atom. The van der Waals surface area contributed by atoms with Crippen LogP contribution in [0.15, 0.2) is 24.3 Å². The predicted octanol–water partition coefficient (Wildman–Crippen LogP) is 4.24.